The van der Waals surface area contributed by atoms with Crippen molar-refractivity contribution in [2.24, 2.45) is 0 Å². The van der Waals surface area contributed by atoms with Gasteiger partial charge in [-0.3, -0.25) is 0 Å². The van der Waals surface area contributed by atoms with Gasteiger partial charge in [-0.2, -0.15) is 0 Å². The number of hydrogen-bond donors (Lipinski definition) is 0. The lowest BCUT2D eigenvalue weighted by molar-refractivity contribution is 0.321. The molecule has 3 aromatic carbocycles. The Bertz CT molecular complexity index is 798. The molecule has 3 rings (SSSR count). The van der Waals surface area contributed by atoms with E-state index in [9.17, 15) is 0 Å². The van der Waals surface area contributed by atoms with Crippen molar-refractivity contribution < 1.29 is 0 Å². The van der Waals surface area contributed by atoms with Crippen molar-refractivity contribution in [2.45, 2.75) is 19.9 Å². The number of aryl methyl sites for hydroxylation is 1. The van der Waals surface area contributed by atoms with Crippen LogP contribution in [0.15, 0.2) is 72.8 Å². The van der Waals surface area contributed by atoms with E-state index in [0.29, 0.717) is 6.04 Å². The summed E-state index contributed by atoms with van der Waals surface area (Å²) in [7, 11) is 4.23. The van der Waals surface area contributed by atoms with Crippen LogP contribution in [0.25, 0.3) is 22.3 Å². The van der Waals surface area contributed by atoms with Crippen LogP contribution in [0.5, 0.6) is 0 Å². The highest BCUT2D eigenvalue weighted by molar-refractivity contribution is 5.73. The molecular weight excluding hydrogens is 290 g/mol. The molecule has 1 heteroatoms. The summed E-state index contributed by atoms with van der Waals surface area (Å²) in [6.07, 6.45) is 0. The van der Waals surface area contributed by atoms with Gasteiger partial charge in [0.15, 0.2) is 0 Å². The van der Waals surface area contributed by atoms with E-state index in [2.05, 4.69) is 106 Å². The van der Waals surface area contributed by atoms with Gasteiger partial charge in [-0.1, -0.05) is 72.3 Å². The minimum Gasteiger partial charge on any atom is -0.303 e. The molecule has 0 N–H and O–H groups in total. The second-order valence-electron chi connectivity index (χ2n) is 6.71. The summed E-state index contributed by atoms with van der Waals surface area (Å²) < 4.78 is 0. The molecule has 1 nitrogen and oxygen atoms in total. The number of rotatable bonds is 4. The molecule has 0 heterocycles. The average molecular weight is 315 g/mol. The Kier molecular flexibility index (Phi) is 4.82. The summed E-state index contributed by atoms with van der Waals surface area (Å²) >= 11 is 0. The normalized spacial score (nSPS) is 12.4. The van der Waals surface area contributed by atoms with E-state index in [1.54, 1.807) is 0 Å². The van der Waals surface area contributed by atoms with E-state index in [1.807, 2.05) is 0 Å². The van der Waals surface area contributed by atoms with Crippen LogP contribution in [0.1, 0.15) is 24.1 Å². The predicted molar refractivity (Wildman–Crippen MR) is 104 cm³/mol. The first-order chi connectivity index (χ1) is 11.5. The lowest BCUT2D eigenvalue weighted by atomic mass is 9.97. The van der Waals surface area contributed by atoms with Crippen LogP contribution in [-0.2, 0) is 0 Å². The van der Waals surface area contributed by atoms with Crippen molar-refractivity contribution in [3.05, 3.63) is 83.9 Å². The topological polar surface area (TPSA) is 3.24 Å². The quantitative estimate of drug-likeness (QED) is 0.575. The van der Waals surface area contributed by atoms with E-state index in [4.69, 9.17) is 0 Å². The number of nitrogens with zero attached hydrogens (tertiary/aromatic N) is 1. The fourth-order valence-corrected chi connectivity index (χ4v) is 2.88. The lowest BCUT2D eigenvalue weighted by Crippen LogP contribution is -2.16. The highest BCUT2D eigenvalue weighted by Crippen LogP contribution is 2.28. The van der Waals surface area contributed by atoms with Gasteiger partial charge >= 0.3 is 0 Å². The van der Waals surface area contributed by atoms with Crippen LogP contribution in [0.4, 0.5) is 0 Å². The first kappa shape index (κ1) is 16.5. The monoisotopic (exact) mass is 315 g/mol. The van der Waals surface area contributed by atoms with Gasteiger partial charge in [-0.15, -0.1) is 0 Å². The molecule has 0 amide bonds. The summed E-state index contributed by atoms with van der Waals surface area (Å²) in [5.41, 5.74) is 7.69. The molecule has 0 aliphatic heterocycles. The standard InChI is InChI=1S/C23H25N/c1-17-8-10-20(11-9-17)22-6-5-7-23(16-22)21-14-12-19(13-15-21)18(2)24(3)4/h5-16,18H,1-4H3. The fourth-order valence-electron chi connectivity index (χ4n) is 2.88. The van der Waals surface area contributed by atoms with Gasteiger partial charge in [-0.05, 0) is 61.8 Å². The van der Waals surface area contributed by atoms with Gasteiger partial charge < -0.3 is 4.90 Å². The van der Waals surface area contributed by atoms with Crippen LogP contribution < -0.4 is 0 Å². The Morgan fingerprint density at radius 3 is 1.67 bits per heavy atom. The first-order valence-corrected chi connectivity index (χ1v) is 8.48. The molecule has 24 heavy (non-hydrogen) atoms. The van der Waals surface area contributed by atoms with Crippen LogP contribution in [-0.4, -0.2) is 19.0 Å². The maximum atomic E-state index is 2.27. The molecule has 0 aliphatic carbocycles. The van der Waals surface area contributed by atoms with Gasteiger partial charge in [-0.25, -0.2) is 0 Å². The molecular formula is C23H25N. The Morgan fingerprint density at radius 1 is 0.667 bits per heavy atom. The van der Waals surface area contributed by atoms with Crippen molar-refractivity contribution in [1.82, 2.24) is 4.90 Å². The third kappa shape index (κ3) is 3.58. The molecule has 122 valence electrons. The van der Waals surface area contributed by atoms with Gasteiger partial charge in [0, 0.05) is 6.04 Å². The molecule has 0 spiro atoms. The summed E-state index contributed by atoms with van der Waals surface area (Å²) in [5, 5.41) is 0. The molecule has 0 saturated heterocycles. The summed E-state index contributed by atoms with van der Waals surface area (Å²) in [4.78, 5) is 2.23. The molecule has 1 atom stereocenters. The third-order valence-electron chi connectivity index (χ3n) is 4.75. The van der Waals surface area contributed by atoms with Crippen molar-refractivity contribution in [1.29, 1.82) is 0 Å². The fraction of sp³-hybridized carbons (Fsp3) is 0.217. The maximum absolute atomic E-state index is 2.27. The Hall–Kier alpha value is -2.38. The summed E-state index contributed by atoms with van der Waals surface area (Å²) in [6.45, 7) is 4.35. The van der Waals surface area contributed by atoms with Gasteiger partial charge in [0.2, 0.25) is 0 Å². The molecule has 0 aromatic heterocycles. The van der Waals surface area contributed by atoms with Crippen LogP contribution in [0.2, 0.25) is 0 Å². The molecule has 0 saturated carbocycles. The third-order valence-corrected chi connectivity index (χ3v) is 4.75. The zero-order chi connectivity index (χ0) is 17.1. The largest absolute Gasteiger partial charge is 0.303 e. The second kappa shape index (κ2) is 7.02. The van der Waals surface area contributed by atoms with Crippen molar-refractivity contribution in [3.63, 3.8) is 0 Å². The zero-order valence-corrected chi connectivity index (χ0v) is 15.0. The highest BCUT2D eigenvalue weighted by atomic mass is 15.1. The molecule has 0 bridgehead atoms. The van der Waals surface area contributed by atoms with Gasteiger partial charge in [0.05, 0.1) is 0 Å². The number of benzene rings is 3. The smallest absolute Gasteiger partial charge is 0.0313 e. The van der Waals surface area contributed by atoms with Crippen molar-refractivity contribution >= 4 is 0 Å². The molecule has 1 unspecified atom stereocenters. The van der Waals surface area contributed by atoms with E-state index in [0.717, 1.165) is 0 Å². The van der Waals surface area contributed by atoms with Crippen molar-refractivity contribution in [3.8, 4) is 22.3 Å². The Morgan fingerprint density at radius 2 is 1.17 bits per heavy atom. The zero-order valence-electron chi connectivity index (χ0n) is 15.0. The molecule has 0 aliphatic rings. The SMILES string of the molecule is Cc1ccc(-c2cccc(-c3ccc(C(C)N(C)C)cc3)c2)cc1. The van der Waals surface area contributed by atoms with Crippen molar-refractivity contribution in [2.75, 3.05) is 14.1 Å². The Balaban J connectivity index is 1.90. The number of hydrogen-bond acceptors (Lipinski definition) is 1. The minimum atomic E-state index is 0.429. The Labute approximate surface area is 145 Å². The predicted octanol–water partition coefficient (Wildman–Crippen LogP) is 5.95. The van der Waals surface area contributed by atoms with E-state index in [-0.39, 0.29) is 0 Å². The van der Waals surface area contributed by atoms with Crippen LogP contribution in [0.3, 0.4) is 0 Å². The molecule has 3 aromatic rings. The first-order valence-electron chi connectivity index (χ1n) is 8.48. The van der Waals surface area contributed by atoms with E-state index < -0.39 is 0 Å². The maximum Gasteiger partial charge on any atom is 0.0313 e. The van der Waals surface area contributed by atoms with Crippen LogP contribution in [0, 0.1) is 6.92 Å². The lowest BCUT2D eigenvalue weighted by Gasteiger charge is -2.20. The summed E-state index contributed by atoms with van der Waals surface area (Å²) in [5.74, 6) is 0. The molecule has 0 fully saturated rings. The average Bonchev–Trinajstić information content (AvgIpc) is 2.62. The second-order valence-corrected chi connectivity index (χ2v) is 6.71. The van der Waals surface area contributed by atoms with Crippen LogP contribution >= 0.6 is 0 Å². The minimum absolute atomic E-state index is 0.429. The summed E-state index contributed by atoms with van der Waals surface area (Å²) in [6, 6.07) is 26.8. The van der Waals surface area contributed by atoms with Gasteiger partial charge in [0.1, 0.15) is 0 Å². The molecule has 0 radical (unpaired) electrons. The van der Waals surface area contributed by atoms with Gasteiger partial charge in [0.25, 0.3) is 0 Å². The van der Waals surface area contributed by atoms with E-state index >= 15 is 0 Å². The highest BCUT2D eigenvalue weighted by Gasteiger charge is 2.08. The van der Waals surface area contributed by atoms with E-state index in [1.165, 1.54) is 33.4 Å².